The smallest absolute Gasteiger partial charge is 0.344 e. The minimum atomic E-state index is -0.659. The monoisotopic (exact) mass is 394 g/mol. The van der Waals surface area contributed by atoms with Crippen molar-refractivity contribution >= 4 is 11.9 Å². The summed E-state index contributed by atoms with van der Waals surface area (Å²) in [6, 6.07) is 16.8. The van der Waals surface area contributed by atoms with Crippen LogP contribution >= 0.6 is 0 Å². The van der Waals surface area contributed by atoms with Gasteiger partial charge < -0.3 is 19.3 Å². The van der Waals surface area contributed by atoms with Crippen LogP contribution in [0.25, 0.3) is 11.3 Å². The van der Waals surface area contributed by atoms with Gasteiger partial charge in [0.15, 0.2) is 6.61 Å². The first kappa shape index (κ1) is 20.1. The van der Waals surface area contributed by atoms with E-state index in [9.17, 15) is 9.59 Å². The molecule has 2 aromatic carbocycles. The highest BCUT2D eigenvalue weighted by atomic mass is 16.5. The van der Waals surface area contributed by atoms with Crippen LogP contribution < -0.4 is 10.1 Å². The topological polar surface area (TPSA) is 90.7 Å². The minimum Gasteiger partial charge on any atom is -0.492 e. The van der Waals surface area contributed by atoms with Gasteiger partial charge in [0.2, 0.25) is 0 Å². The molecule has 3 aromatic rings. The SMILES string of the molecule is Cc1cccc(OCCNC(=O)COC(=O)c2c(-c3ccccc3)noc2C)c1. The summed E-state index contributed by atoms with van der Waals surface area (Å²) in [6.45, 7) is 3.81. The van der Waals surface area contributed by atoms with Crippen LogP contribution in [0.1, 0.15) is 21.7 Å². The second kappa shape index (κ2) is 9.54. The molecule has 1 heterocycles. The van der Waals surface area contributed by atoms with Crippen molar-refractivity contribution < 1.29 is 23.6 Å². The second-order valence-electron chi connectivity index (χ2n) is 6.42. The first-order chi connectivity index (χ1) is 14.0. The molecule has 29 heavy (non-hydrogen) atoms. The number of hydrogen-bond donors (Lipinski definition) is 1. The molecule has 0 radical (unpaired) electrons. The molecule has 7 nitrogen and oxygen atoms in total. The Hall–Kier alpha value is -3.61. The van der Waals surface area contributed by atoms with Gasteiger partial charge in [0.1, 0.15) is 29.4 Å². The van der Waals surface area contributed by atoms with Crippen LogP contribution in [0.3, 0.4) is 0 Å². The Kier molecular flexibility index (Phi) is 6.63. The van der Waals surface area contributed by atoms with E-state index in [4.69, 9.17) is 14.0 Å². The van der Waals surface area contributed by atoms with Crippen LogP contribution in [-0.4, -0.2) is 36.8 Å². The molecular weight excluding hydrogens is 372 g/mol. The van der Waals surface area contributed by atoms with Gasteiger partial charge in [0.05, 0.1) is 6.54 Å². The zero-order valence-corrected chi connectivity index (χ0v) is 16.3. The maximum Gasteiger partial charge on any atom is 0.344 e. The lowest BCUT2D eigenvalue weighted by atomic mass is 10.1. The molecule has 1 amide bonds. The lowest BCUT2D eigenvalue weighted by Crippen LogP contribution is -2.32. The number of aryl methyl sites for hydroxylation is 2. The van der Waals surface area contributed by atoms with Crippen molar-refractivity contribution in [2.24, 2.45) is 0 Å². The van der Waals surface area contributed by atoms with Crippen molar-refractivity contribution in [3.63, 3.8) is 0 Å². The summed E-state index contributed by atoms with van der Waals surface area (Å²) in [7, 11) is 0. The number of esters is 1. The molecule has 0 bridgehead atoms. The normalized spacial score (nSPS) is 10.4. The summed E-state index contributed by atoms with van der Waals surface area (Å²) in [5, 5.41) is 6.59. The number of aromatic nitrogens is 1. The van der Waals surface area contributed by atoms with Crippen LogP contribution in [-0.2, 0) is 9.53 Å². The summed E-state index contributed by atoms with van der Waals surface area (Å²) in [5.74, 6) is -0.00167. The Labute approximate surface area is 168 Å². The van der Waals surface area contributed by atoms with Gasteiger partial charge in [0.25, 0.3) is 5.91 Å². The van der Waals surface area contributed by atoms with Gasteiger partial charge in [-0.15, -0.1) is 0 Å². The van der Waals surface area contributed by atoms with Crippen LogP contribution in [0.2, 0.25) is 0 Å². The first-order valence-electron chi connectivity index (χ1n) is 9.19. The Morgan fingerprint density at radius 2 is 1.86 bits per heavy atom. The number of amides is 1. The number of hydrogen-bond acceptors (Lipinski definition) is 6. The number of nitrogens with zero attached hydrogens (tertiary/aromatic N) is 1. The fourth-order valence-electron chi connectivity index (χ4n) is 2.72. The zero-order valence-electron chi connectivity index (χ0n) is 16.3. The van der Waals surface area contributed by atoms with E-state index in [2.05, 4.69) is 10.5 Å². The highest BCUT2D eigenvalue weighted by Gasteiger charge is 2.23. The van der Waals surface area contributed by atoms with E-state index in [1.54, 1.807) is 6.92 Å². The molecule has 0 unspecified atom stereocenters. The molecule has 0 saturated heterocycles. The number of carbonyl (C=O) groups excluding carboxylic acids is 2. The first-order valence-corrected chi connectivity index (χ1v) is 9.19. The predicted octanol–water partition coefficient (Wildman–Crippen LogP) is 3.31. The van der Waals surface area contributed by atoms with E-state index in [-0.39, 0.29) is 5.56 Å². The van der Waals surface area contributed by atoms with Gasteiger partial charge in [-0.05, 0) is 31.5 Å². The third kappa shape index (κ3) is 5.44. The molecule has 7 heteroatoms. The molecule has 0 saturated carbocycles. The summed E-state index contributed by atoms with van der Waals surface area (Å²) in [6.07, 6.45) is 0. The molecule has 1 N–H and O–H groups in total. The fourth-order valence-corrected chi connectivity index (χ4v) is 2.72. The minimum absolute atomic E-state index is 0.215. The standard InChI is InChI=1S/C22H22N2O5/c1-15-7-6-10-18(13-15)27-12-11-23-19(25)14-28-22(26)20-16(2)29-24-21(20)17-8-4-3-5-9-17/h3-10,13H,11-12,14H2,1-2H3,(H,23,25). The third-order valence-electron chi connectivity index (χ3n) is 4.13. The third-order valence-corrected chi connectivity index (χ3v) is 4.13. The van der Waals surface area contributed by atoms with Crippen molar-refractivity contribution in [2.75, 3.05) is 19.8 Å². The number of rotatable bonds is 8. The molecular formula is C22H22N2O5. The predicted molar refractivity (Wildman–Crippen MR) is 107 cm³/mol. The van der Waals surface area contributed by atoms with Gasteiger partial charge >= 0.3 is 5.97 Å². The number of ether oxygens (including phenoxy) is 2. The summed E-state index contributed by atoms with van der Waals surface area (Å²) in [4.78, 5) is 24.4. The van der Waals surface area contributed by atoms with Gasteiger partial charge in [-0.2, -0.15) is 0 Å². The van der Waals surface area contributed by atoms with Crippen LogP contribution in [0.15, 0.2) is 59.1 Å². The fraction of sp³-hybridized carbons (Fsp3) is 0.227. The average molecular weight is 394 g/mol. The van der Waals surface area contributed by atoms with E-state index in [1.165, 1.54) is 0 Å². The molecule has 1 aromatic heterocycles. The van der Waals surface area contributed by atoms with E-state index < -0.39 is 18.5 Å². The van der Waals surface area contributed by atoms with Crippen LogP contribution in [0, 0.1) is 13.8 Å². The largest absolute Gasteiger partial charge is 0.492 e. The maximum absolute atomic E-state index is 12.4. The van der Waals surface area contributed by atoms with Gasteiger partial charge in [-0.3, -0.25) is 4.79 Å². The molecule has 3 rings (SSSR count). The average Bonchev–Trinajstić information content (AvgIpc) is 3.12. The van der Waals surface area contributed by atoms with Crippen LogP contribution in [0.4, 0.5) is 0 Å². The quantitative estimate of drug-likeness (QED) is 0.466. The van der Waals surface area contributed by atoms with E-state index in [0.717, 1.165) is 16.9 Å². The van der Waals surface area contributed by atoms with Crippen molar-refractivity contribution in [2.45, 2.75) is 13.8 Å². The Morgan fingerprint density at radius 1 is 1.07 bits per heavy atom. The lowest BCUT2D eigenvalue weighted by Gasteiger charge is -2.09. The highest BCUT2D eigenvalue weighted by Crippen LogP contribution is 2.25. The summed E-state index contributed by atoms with van der Waals surface area (Å²) < 4.78 is 15.8. The molecule has 150 valence electrons. The number of nitrogens with one attached hydrogen (secondary N) is 1. The molecule has 0 aliphatic rings. The highest BCUT2D eigenvalue weighted by molar-refractivity contribution is 5.98. The lowest BCUT2D eigenvalue weighted by molar-refractivity contribution is -0.124. The molecule has 0 spiro atoms. The van der Waals surface area contributed by atoms with Crippen molar-refractivity contribution in [3.05, 3.63) is 71.5 Å². The van der Waals surface area contributed by atoms with Gasteiger partial charge in [-0.1, -0.05) is 47.6 Å². The van der Waals surface area contributed by atoms with Crippen molar-refractivity contribution in [3.8, 4) is 17.0 Å². The number of benzene rings is 2. The van der Waals surface area contributed by atoms with Crippen molar-refractivity contribution in [1.82, 2.24) is 10.5 Å². The van der Waals surface area contributed by atoms with E-state index in [1.807, 2.05) is 61.5 Å². The summed E-state index contributed by atoms with van der Waals surface area (Å²) in [5.41, 5.74) is 2.43. The summed E-state index contributed by atoms with van der Waals surface area (Å²) >= 11 is 0. The maximum atomic E-state index is 12.4. The van der Waals surface area contributed by atoms with E-state index in [0.29, 0.717) is 24.6 Å². The Morgan fingerprint density at radius 3 is 2.62 bits per heavy atom. The zero-order chi connectivity index (χ0) is 20.6. The van der Waals surface area contributed by atoms with Crippen LogP contribution in [0.5, 0.6) is 5.75 Å². The van der Waals surface area contributed by atoms with Crippen molar-refractivity contribution in [1.29, 1.82) is 0 Å². The molecule has 0 fully saturated rings. The molecule has 0 aliphatic carbocycles. The van der Waals surface area contributed by atoms with Gasteiger partial charge in [-0.25, -0.2) is 4.79 Å². The van der Waals surface area contributed by atoms with E-state index >= 15 is 0 Å². The second-order valence-corrected chi connectivity index (χ2v) is 6.42. The molecule has 0 aliphatic heterocycles. The molecule has 0 atom stereocenters. The Bertz CT molecular complexity index is 982. The van der Waals surface area contributed by atoms with Gasteiger partial charge in [0, 0.05) is 5.56 Å². The number of carbonyl (C=O) groups is 2. The Balaban J connectivity index is 1.47.